The van der Waals surface area contributed by atoms with Gasteiger partial charge in [-0.05, 0) is 0 Å². The van der Waals surface area contributed by atoms with Crippen molar-refractivity contribution < 1.29 is 9.53 Å². The second-order valence-electron chi connectivity index (χ2n) is 1.55. The number of rotatable bonds is 1. The van der Waals surface area contributed by atoms with Gasteiger partial charge in [-0.25, -0.2) is 9.78 Å². The number of nitrogen functional groups attached to an aromatic ring is 1. The van der Waals surface area contributed by atoms with Gasteiger partial charge in [0.25, 0.3) is 0 Å². The average Bonchev–Trinajstić information content (AvgIpc) is 2.34. The van der Waals surface area contributed by atoms with E-state index in [4.69, 9.17) is 5.73 Å². The zero-order chi connectivity index (χ0) is 7.56. The number of nitrogens with zero attached hydrogens (tertiary/aromatic N) is 1. The molecular formula is C5H7ClN2O2S. The van der Waals surface area contributed by atoms with Crippen LogP contribution in [0.25, 0.3) is 0 Å². The average molecular weight is 195 g/mol. The van der Waals surface area contributed by atoms with Gasteiger partial charge in [-0.15, -0.1) is 12.4 Å². The Bertz CT molecular complexity index is 250. The third-order valence-electron chi connectivity index (χ3n) is 0.910. The molecule has 0 aliphatic rings. The minimum atomic E-state index is -0.394. The molecule has 0 amide bonds. The molecule has 0 unspecified atom stereocenters. The second kappa shape index (κ2) is 4.15. The van der Waals surface area contributed by atoms with Gasteiger partial charge in [0, 0.05) is 0 Å². The number of ether oxygens (including phenoxy) is 1. The van der Waals surface area contributed by atoms with Crippen molar-refractivity contribution in [3.8, 4) is 0 Å². The van der Waals surface area contributed by atoms with E-state index in [2.05, 4.69) is 9.72 Å². The first-order chi connectivity index (χ1) is 4.74. The highest BCUT2D eigenvalue weighted by molar-refractivity contribution is 7.17. The van der Waals surface area contributed by atoms with Crippen LogP contribution in [-0.2, 0) is 4.74 Å². The monoisotopic (exact) mass is 194 g/mol. The molecule has 0 fully saturated rings. The van der Waals surface area contributed by atoms with Crippen molar-refractivity contribution in [1.82, 2.24) is 4.98 Å². The molecule has 0 saturated heterocycles. The van der Waals surface area contributed by atoms with Crippen molar-refractivity contribution in [1.29, 1.82) is 0 Å². The van der Waals surface area contributed by atoms with Crippen LogP contribution >= 0.6 is 23.7 Å². The quantitative estimate of drug-likeness (QED) is 0.676. The topological polar surface area (TPSA) is 65.2 Å². The van der Waals surface area contributed by atoms with Gasteiger partial charge >= 0.3 is 5.97 Å². The number of thiazole rings is 1. The SMILES string of the molecule is COC(=O)c1cnc(N)s1.Cl. The van der Waals surface area contributed by atoms with E-state index in [1.807, 2.05) is 0 Å². The minimum Gasteiger partial charge on any atom is -0.465 e. The fourth-order valence-electron chi connectivity index (χ4n) is 0.483. The van der Waals surface area contributed by atoms with Gasteiger partial charge in [0.2, 0.25) is 0 Å². The molecule has 0 radical (unpaired) electrons. The van der Waals surface area contributed by atoms with Crippen molar-refractivity contribution in [2.75, 3.05) is 12.8 Å². The summed E-state index contributed by atoms with van der Waals surface area (Å²) in [5.41, 5.74) is 5.27. The molecule has 0 spiro atoms. The number of halogens is 1. The molecule has 1 heterocycles. The van der Waals surface area contributed by atoms with Crippen LogP contribution in [0.5, 0.6) is 0 Å². The fourth-order valence-corrected chi connectivity index (χ4v) is 1.09. The van der Waals surface area contributed by atoms with E-state index in [1.165, 1.54) is 13.3 Å². The molecule has 11 heavy (non-hydrogen) atoms. The van der Waals surface area contributed by atoms with Gasteiger partial charge in [0.05, 0.1) is 13.3 Å². The standard InChI is InChI=1S/C5H6N2O2S.ClH/c1-9-4(8)3-2-7-5(6)10-3;/h2H,1H3,(H2,6,7);1H. The Hall–Kier alpha value is -0.810. The van der Waals surface area contributed by atoms with Crippen LogP contribution in [0.4, 0.5) is 5.13 Å². The highest BCUT2D eigenvalue weighted by Crippen LogP contribution is 2.14. The number of nitrogens with two attached hydrogens (primary N) is 1. The van der Waals surface area contributed by atoms with E-state index in [0.717, 1.165) is 11.3 Å². The lowest BCUT2D eigenvalue weighted by Crippen LogP contribution is -1.96. The molecule has 0 aliphatic carbocycles. The molecule has 6 heteroatoms. The molecule has 0 aromatic carbocycles. The molecule has 1 aromatic heterocycles. The molecule has 0 bridgehead atoms. The zero-order valence-corrected chi connectivity index (χ0v) is 7.37. The minimum absolute atomic E-state index is 0. The number of anilines is 1. The van der Waals surface area contributed by atoms with E-state index in [-0.39, 0.29) is 12.4 Å². The maximum absolute atomic E-state index is 10.7. The zero-order valence-electron chi connectivity index (χ0n) is 5.73. The third-order valence-corrected chi connectivity index (χ3v) is 1.72. The van der Waals surface area contributed by atoms with Crippen LogP contribution in [-0.4, -0.2) is 18.1 Å². The summed E-state index contributed by atoms with van der Waals surface area (Å²) in [6, 6.07) is 0. The summed E-state index contributed by atoms with van der Waals surface area (Å²) >= 11 is 1.11. The largest absolute Gasteiger partial charge is 0.465 e. The molecule has 1 aromatic rings. The predicted molar refractivity (Wildman–Crippen MR) is 45.1 cm³/mol. The number of hydrogen-bond acceptors (Lipinski definition) is 5. The fraction of sp³-hybridized carbons (Fsp3) is 0.200. The third kappa shape index (κ3) is 2.36. The molecule has 0 saturated carbocycles. The Kier molecular flexibility index (Phi) is 3.84. The number of carbonyl (C=O) groups is 1. The predicted octanol–water partition coefficient (Wildman–Crippen LogP) is 0.934. The lowest BCUT2D eigenvalue weighted by molar-refractivity contribution is 0.0606. The maximum atomic E-state index is 10.7. The number of aromatic nitrogens is 1. The van der Waals surface area contributed by atoms with Crippen LogP contribution in [0, 0.1) is 0 Å². The van der Waals surface area contributed by atoms with E-state index in [1.54, 1.807) is 0 Å². The second-order valence-corrected chi connectivity index (χ2v) is 2.62. The molecule has 4 nitrogen and oxygen atoms in total. The highest BCUT2D eigenvalue weighted by Gasteiger charge is 2.07. The Morgan fingerprint density at radius 1 is 1.82 bits per heavy atom. The maximum Gasteiger partial charge on any atom is 0.349 e. The van der Waals surface area contributed by atoms with Gasteiger partial charge < -0.3 is 10.5 Å². The summed E-state index contributed by atoms with van der Waals surface area (Å²) in [5, 5.41) is 0.375. The van der Waals surface area contributed by atoms with E-state index in [0.29, 0.717) is 10.0 Å². The van der Waals surface area contributed by atoms with Crippen LogP contribution in [0.15, 0.2) is 6.20 Å². The van der Waals surface area contributed by atoms with Crippen LogP contribution in [0.2, 0.25) is 0 Å². The van der Waals surface area contributed by atoms with Gasteiger partial charge in [0.1, 0.15) is 4.88 Å². The molecule has 1 rings (SSSR count). The van der Waals surface area contributed by atoms with Crippen LogP contribution < -0.4 is 5.73 Å². The summed E-state index contributed by atoms with van der Waals surface area (Å²) < 4.78 is 4.43. The van der Waals surface area contributed by atoms with Crippen molar-refractivity contribution in [2.45, 2.75) is 0 Å². The Morgan fingerprint density at radius 2 is 2.45 bits per heavy atom. The molecule has 62 valence electrons. The van der Waals surface area contributed by atoms with E-state index < -0.39 is 5.97 Å². The lowest BCUT2D eigenvalue weighted by atomic mass is 10.6. The molecule has 0 aliphatic heterocycles. The van der Waals surface area contributed by atoms with Gasteiger partial charge in [-0.3, -0.25) is 0 Å². The highest BCUT2D eigenvalue weighted by atomic mass is 35.5. The Labute approximate surface area is 73.8 Å². The summed E-state index contributed by atoms with van der Waals surface area (Å²) in [7, 11) is 1.32. The normalized spacial score (nSPS) is 8.45. The first-order valence-corrected chi connectivity index (χ1v) is 3.35. The number of carbonyl (C=O) groups excluding carboxylic acids is 1. The smallest absolute Gasteiger partial charge is 0.349 e. The van der Waals surface area contributed by atoms with Crippen molar-refractivity contribution in [3.05, 3.63) is 11.1 Å². The number of hydrogen-bond donors (Lipinski definition) is 1. The number of methoxy groups -OCH3 is 1. The van der Waals surface area contributed by atoms with E-state index >= 15 is 0 Å². The van der Waals surface area contributed by atoms with Crippen molar-refractivity contribution in [2.24, 2.45) is 0 Å². The first kappa shape index (κ1) is 10.2. The van der Waals surface area contributed by atoms with Crippen LogP contribution in [0.1, 0.15) is 9.67 Å². The molecule has 0 atom stereocenters. The van der Waals surface area contributed by atoms with Gasteiger partial charge in [-0.1, -0.05) is 11.3 Å². The summed E-state index contributed by atoms with van der Waals surface area (Å²) in [6.45, 7) is 0. The molecular weight excluding hydrogens is 188 g/mol. The molecule has 2 N–H and O–H groups in total. The number of esters is 1. The summed E-state index contributed by atoms with van der Waals surface area (Å²) in [4.78, 5) is 14.8. The Morgan fingerprint density at radius 3 is 2.82 bits per heavy atom. The van der Waals surface area contributed by atoms with Crippen molar-refractivity contribution >= 4 is 34.8 Å². The lowest BCUT2D eigenvalue weighted by Gasteiger charge is -1.89. The van der Waals surface area contributed by atoms with Gasteiger partial charge in [0.15, 0.2) is 5.13 Å². The van der Waals surface area contributed by atoms with Crippen molar-refractivity contribution in [3.63, 3.8) is 0 Å². The summed E-state index contributed by atoms with van der Waals surface area (Å²) in [5.74, 6) is -0.394. The first-order valence-electron chi connectivity index (χ1n) is 2.53. The van der Waals surface area contributed by atoms with E-state index in [9.17, 15) is 4.79 Å². The summed E-state index contributed by atoms with van der Waals surface area (Å²) in [6.07, 6.45) is 1.39. The Balaban J connectivity index is 0.000001000. The van der Waals surface area contributed by atoms with Crippen LogP contribution in [0.3, 0.4) is 0 Å². The van der Waals surface area contributed by atoms with Gasteiger partial charge in [-0.2, -0.15) is 0 Å².